The summed E-state index contributed by atoms with van der Waals surface area (Å²) in [5.74, 6) is 1.07. The van der Waals surface area contributed by atoms with E-state index in [0.717, 1.165) is 19.3 Å². The molecule has 3 heteroatoms. The van der Waals surface area contributed by atoms with Gasteiger partial charge in [-0.15, -0.1) is 0 Å². The highest BCUT2D eigenvalue weighted by Crippen LogP contribution is 2.43. The van der Waals surface area contributed by atoms with Crippen molar-refractivity contribution in [1.82, 2.24) is 0 Å². The van der Waals surface area contributed by atoms with E-state index in [1.807, 2.05) is 0 Å². The number of rotatable bonds is 7. The van der Waals surface area contributed by atoms with E-state index in [9.17, 15) is 5.11 Å². The van der Waals surface area contributed by atoms with Crippen molar-refractivity contribution < 1.29 is 14.6 Å². The Morgan fingerprint density at radius 1 is 1.37 bits per heavy atom. The molecule has 1 saturated heterocycles. The van der Waals surface area contributed by atoms with Crippen LogP contribution in [-0.2, 0) is 9.47 Å². The first kappa shape index (κ1) is 15.0. The number of aliphatic hydroxyl groups is 1. The quantitative estimate of drug-likeness (QED) is 0.569. The maximum atomic E-state index is 9.55. The Labute approximate surface area is 117 Å². The van der Waals surface area contributed by atoms with Crippen molar-refractivity contribution in [3.05, 3.63) is 12.2 Å². The van der Waals surface area contributed by atoms with Crippen LogP contribution in [0.5, 0.6) is 0 Å². The zero-order valence-corrected chi connectivity index (χ0v) is 12.3. The summed E-state index contributed by atoms with van der Waals surface area (Å²) in [5, 5.41) is 9.55. The fourth-order valence-corrected chi connectivity index (χ4v) is 3.44. The lowest BCUT2D eigenvalue weighted by Crippen LogP contribution is -2.13. The molecule has 0 amide bonds. The van der Waals surface area contributed by atoms with Crippen LogP contribution >= 0.6 is 0 Å². The number of ether oxygens (including phenoxy) is 2. The van der Waals surface area contributed by atoms with Crippen LogP contribution in [0.4, 0.5) is 0 Å². The lowest BCUT2D eigenvalue weighted by molar-refractivity contribution is -0.0906. The van der Waals surface area contributed by atoms with Gasteiger partial charge in [0.05, 0.1) is 12.2 Å². The molecular formula is C16H28O3. The second-order valence-electron chi connectivity index (χ2n) is 5.92. The lowest BCUT2D eigenvalue weighted by atomic mass is 9.92. The fourth-order valence-electron chi connectivity index (χ4n) is 3.44. The van der Waals surface area contributed by atoms with Crippen molar-refractivity contribution in [1.29, 1.82) is 0 Å². The third-order valence-electron chi connectivity index (χ3n) is 4.59. The SMILES string of the molecule is CCCCCC(C=CC1CCC2OC(O)CC12)OC. The van der Waals surface area contributed by atoms with Crippen molar-refractivity contribution in [2.45, 2.75) is 70.4 Å². The van der Waals surface area contributed by atoms with Crippen molar-refractivity contribution in [3.63, 3.8) is 0 Å². The Morgan fingerprint density at radius 3 is 2.95 bits per heavy atom. The van der Waals surface area contributed by atoms with Gasteiger partial charge in [-0.1, -0.05) is 38.3 Å². The van der Waals surface area contributed by atoms with Gasteiger partial charge in [-0.3, -0.25) is 0 Å². The molecule has 0 radical (unpaired) electrons. The number of hydrogen-bond acceptors (Lipinski definition) is 3. The molecule has 1 aliphatic heterocycles. The summed E-state index contributed by atoms with van der Waals surface area (Å²) < 4.78 is 11.0. The van der Waals surface area contributed by atoms with Crippen LogP contribution in [0.2, 0.25) is 0 Å². The minimum absolute atomic E-state index is 0.248. The van der Waals surface area contributed by atoms with E-state index in [2.05, 4.69) is 19.1 Å². The standard InChI is InChI=1S/C16H28O3/c1-3-4-5-6-13(18-2)9-7-12-8-10-15-14(12)11-16(17)19-15/h7,9,12-17H,3-6,8,10-11H2,1-2H3. The number of aliphatic hydroxyl groups excluding tert-OH is 1. The summed E-state index contributed by atoms with van der Waals surface area (Å²) in [6.07, 6.45) is 12.5. The van der Waals surface area contributed by atoms with Crippen LogP contribution in [0.1, 0.15) is 51.9 Å². The maximum Gasteiger partial charge on any atom is 0.155 e. The fraction of sp³-hybridized carbons (Fsp3) is 0.875. The second-order valence-corrected chi connectivity index (χ2v) is 5.92. The predicted molar refractivity (Wildman–Crippen MR) is 75.8 cm³/mol. The monoisotopic (exact) mass is 268 g/mol. The van der Waals surface area contributed by atoms with Gasteiger partial charge in [0.15, 0.2) is 6.29 Å². The summed E-state index contributed by atoms with van der Waals surface area (Å²) in [6.45, 7) is 2.22. The lowest BCUT2D eigenvalue weighted by Gasteiger charge is -2.15. The largest absolute Gasteiger partial charge is 0.377 e. The first-order valence-electron chi connectivity index (χ1n) is 7.79. The first-order chi connectivity index (χ1) is 9.24. The average molecular weight is 268 g/mol. The highest BCUT2D eigenvalue weighted by Gasteiger charge is 2.42. The summed E-state index contributed by atoms with van der Waals surface area (Å²) in [5.41, 5.74) is 0. The molecule has 0 aromatic carbocycles. The van der Waals surface area contributed by atoms with Crippen LogP contribution in [-0.4, -0.2) is 30.7 Å². The molecule has 0 spiro atoms. The van der Waals surface area contributed by atoms with Gasteiger partial charge in [0, 0.05) is 13.5 Å². The Morgan fingerprint density at radius 2 is 2.21 bits per heavy atom. The van der Waals surface area contributed by atoms with Gasteiger partial charge >= 0.3 is 0 Å². The zero-order chi connectivity index (χ0) is 13.7. The summed E-state index contributed by atoms with van der Waals surface area (Å²) in [4.78, 5) is 0. The molecule has 2 fully saturated rings. The first-order valence-corrected chi connectivity index (χ1v) is 7.79. The second kappa shape index (κ2) is 7.41. The van der Waals surface area contributed by atoms with Crippen molar-refractivity contribution >= 4 is 0 Å². The summed E-state index contributed by atoms with van der Waals surface area (Å²) in [7, 11) is 1.79. The van der Waals surface area contributed by atoms with Crippen molar-refractivity contribution in [2.75, 3.05) is 7.11 Å². The molecule has 19 heavy (non-hydrogen) atoms. The third kappa shape index (κ3) is 4.04. The number of allylic oxidation sites excluding steroid dienone is 1. The minimum Gasteiger partial charge on any atom is -0.377 e. The molecule has 110 valence electrons. The van der Waals surface area contributed by atoms with Gasteiger partial charge < -0.3 is 14.6 Å². The van der Waals surface area contributed by atoms with Gasteiger partial charge in [-0.2, -0.15) is 0 Å². The van der Waals surface area contributed by atoms with E-state index < -0.39 is 6.29 Å². The minimum atomic E-state index is -0.533. The maximum absolute atomic E-state index is 9.55. The molecule has 1 aliphatic carbocycles. The molecule has 5 atom stereocenters. The van der Waals surface area contributed by atoms with Crippen molar-refractivity contribution in [3.8, 4) is 0 Å². The third-order valence-corrected chi connectivity index (χ3v) is 4.59. The summed E-state index contributed by atoms with van der Waals surface area (Å²) in [6, 6.07) is 0. The molecular weight excluding hydrogens is 240 g/mol. The number of hydrogen-bond donors (Lipinski definition) is 1. The average Bonchev–Trinajstić information content (AvgIpc) is 2.93. The highest BCUT2D eigenvalue weighted by atomic mass is 16.6. The van der Waals surface area contributed by atoms with Crippen LogP contribution < -0.4 is 0 Å². The van der Waals surface area contributed by atoms with Gasteiger partial charge in [-0.25, -0.2) is 0 Å². The number of fused-ring (bicyclic) bond motifs is 1. The van der Waals surface area contributed by atoms with Crippen LogP contribution in [0.25, 0.3) is 0 Å². The molecule has 2 rings (SSSR count). The van der Waals surface area contributed by atoms with Gasteiger partial charge in [-0.05, 0) is 31.1 Å². The smallest absolute Gasteiger partial charge is 0.155 e. The van der Waals surface area contributed by atoms with E-state index in [1.165, 1.54) is 25.7 Å². The van der Waals surface area contributed by atoms with E-state index in [4.69, 9.17) is 9.47 Å². The predicted octanol–water partition coefficient (Wildman–Crippen LogP) is 3.27. The van der Waals surface area contributed by atoms with Gasteiger partial charge in [0.1, 0.15) is 0 Å². The normalized spacial score (nSPS) is 35.9. The molecule has 0 bridgehead atoms. The summed E-state index contributed by atoms with van der Waals surface area (Å²) >= 11 is 0. The molecule has 2 aliphatic rings. The Bertz CT molecular complexity index is 290. The topological polar surface area (TPSA) is 38.7 Å². The van der Waals surface area contributed by atoms with E-state index in [1.54, 1.807) is 7.11 Å². The highest BCUT2D eigenvalue weighted by molar-refractivity contribution is 5.02. The Kier molecular flexibility index (Phi) is 5.86. The zero-order valence-electron chi connectivity index (χ0n) is 12.3. The number of unbranched alkanes of at least 4 members (excludes halogenated alkanes) is 2. The van der Waals surface area contributed by atoms with E-state index in [0.29, 0.717) is 11.8 Å². The van der Waals surface area contributed by atoms with Gasteiger partial charge in [0.2, 0.25) is 0 Å². The molecule has 5 unspecified atom stereocenters. The molecule has 1 saturated carbocycles. The molecule has 0 aromatic heterocycles. The van der Waals surface area contributed by atoms with Crippen LogP contribution in [0, 0.1) is 11.8 Å². The molecule has 1 N–H and O–H groups in total. The van der Waals surface area contributed by atoms with E-state index >= 15 is 0 Å². The molecule has 1 heterocycles. The number of methoxy groups -OCH3 is 1. The Balaban J connectivity index is 1.80. The van der Waals surface area contributed by atoms with E-state index in [-0.39, 0.29) is 12.2 Å². The molecule has 3 nitrogen and oxygen atoms in total. The van der Waals surface area contributed by atoms with Crippen molar-refractivity contribution in [2.24, 2.45) is 11.8 Å². The van der Waals surface area contributed by atoms with Crippen LogP contribution in [0.3, 0.4) is 0 Å². The Hall–Kier alpha value is -0.380. The van der Waals surface area contributed by atoms with Gasteiger partial charge in [0.25, 0.3) is 0 Å². The van der Waals surface area contributed by atoms with Crippen LogP contribution in [0.15, 0.2) is 12.2 Å². The molecule has 0 aromatic rings.